The average Bonchev–Trinajstić information content (AvgIpc) is 2.82. The van der Waals surface area contributed by atoms with Crippen LogP contribution in [0, 0.1) is 6.92 Å². The first-order chi connectivity index (χ1) is 8.25. The lowest BCUT2D eigenvalue weighted by Crippen LogP contribution is -2.33. The molecule has 0 unspecified atom stereocenters. The van der Waals surface area contributed by atoms with Crippen molar-refractivity contribution >= 4 is 5.69 Å². The molecule has 1 saturated carbocycles. The van der Waals surface area contributed by atoms with Crippen LogP contribution in [0.2, 0.25) is 0 Å². The molecule has 0 spiro atoms. The summed E-state index contributed by atoms with van der Waals surface area (Å²) >= 11 is 0. The summed E-state index contributed by atoms with van der Waals surface area (Å²) in [6.07, 6.45) is 7.44. The summed E-state index contributed by atoms with van der Waals surface area (Å²) in [6, 6.07) is 4.94. The van der Waals surface area contributed by atoms with Crippen molar-refractivity contribution in [1.82, 2.24) is 9.88 Å². The number of aromatic nitrogens is 1. The van der Waals surface area contributed by atoms with Crippen LogP contribution < -0.4 is 5.32 Å². The lowest BCUT2D eigenvalue weighted by Gasteiger charge is -2.24. The molecular weight excluding hydrogens is 210 g/mol. The van der Waals surface area contributed by atoms with Crippen LogP contribution in [-0.4, -0.2) is 36.1 Å². The fourth-order valence-corrected chi connectivity index (χ4v) is 2.56. The highest BCUT2D eigenvalue weighted by Crippen LogP contribution is 2.21. The Balaban J connectivity index is 1.71. The molecular formula is C14H23N3. The van der Waals surface area contributed by atoms with E-state index in [2.05, 4.69) is 28.3 Å². The summed E-state index contributed by atoms with van der Waals surface area (Å²) < 4.78 is 0. The third kappa shape index (κ3) is 3.70. The van der Waals surface area contributed by atoms with Crippen LogP contribution in [-0.2, 0) is 0 Å². The molecule has 1 heterocycles. The Bertz CT molecular complexity index is 345. The van der Waals surface area contributed by atoms with E-state index < -0.39 is 0 Å². The topological polar surface area (TPSA) is 28.2 Å². The monoisotopic (exact) mass is 233 g/mol. The van der Waals surface area contributed by atoms with Gasteiger partial charge in [0.05, 0.1) is 0 Å². The minimum Gasteiger partial charge on any atom is -0.384 e. The summed E-state index contributed by atoms with van der Waals surface area (Å²) in [7, 11) is 2.25. The molecule has 94 valence electrons. The molecule has 3 nitrogen and oxygen atoms in total. The lowest BCUT2D eigenvalue weighted by molar-refractivity contribution is 0.254. The summed E-state index contributed by atoms with van der Waals surface area (Å²) in [5.41, 5.74) is 2.25. The molecule has 0 radical (unpaired) electrons. The van der Waals surface area contributed by atoms with Crippen LogP contribution in [0.1, 0.15) is 31.4 Å². The molecule has 2 rings (SSSR count). The zero-order valence-electron chi connectivity index (χ0n) is 10.9. The molecule has 0 bridgehead atoms. The van der Waals surface area contributed by atoms with Gasteiger partial charge in [-0.3, -0.25) is 4.98 Å². The molecule has 1 aliphatic carbocycles. The van der Waals surface area contributed by atoms with Crippen LogP contribution in [0.3, 0.4) is 0 Å². The van der Waals surface area contributed by atoms with E-state index in [1.165, 1.54) is 31.4 Å². The minimum atomic E-state index is 0.816. The average molecular weight is 233 g/mol. The van der Waals surface area contributed by atoms with Crippen LogP contribution in [0.15, 0.2) is 18.3 Å². The fraction of sp³-hybridized carbons (Fsp3) is 0.643. The minimum absolute atomic E-state index is 0.816. The largest absolute Gasteiger partial charge is 0.384 e. The van der Waals surface area contributed by atoms with E-state index in [9.17, 15) is 0 Å². The zero-order valence-corrected chi connectivity index (χ0v) is 10.9. The number of rotatable bonds is 5. The number of hydrogen-bond donors (Lipinski definition) is 1. The Morgan fingerprint density at radius 2 is 2.18 bits per heavy atom. The number of anilines is 1. The van der Waals surface area contributed by atoms with E-state index in [0.717, 1.165) is 24.8 Å². The fourth-order valence-electron chi connectivity index (χ4n) is 2.56. The molecule has 3 heteroatoms. The van der Waals surface area contributed by atoms with E-state index in [0.29, 0.717) is 0 Å². The Kier molecular flexibility index (Phi) is 4.37. The van der Waals surface area contributed by atoms with E-state index >= 15 is 0 Å². The maximum Gasteiger partial charge on any atom is 0.0393 e. The van der Waals surface area contributed by atoms with Gasteiger partial charge in [0, 0.05) is 36.7 Å². The van der Waals surface area contributed by atoms with Gasteiger partial charge in [0.15, 0.2) is 0 Å². The van der Waals surface area contributed by atoms with Crippen molar-refractivity contribution in [2.75, 3.05) is 25.5 Å². The van der Waals surface area contributed by atoms with Gasteiger partial charge in [-0.15, -0.1) is 0 Å². The van der Waals surface area contributed by atoms with Gasteiger partial charge in [0.1, 0.15) is 0 Å². The molecule has 0 aliphatic heterocycles. The van der Waals surface area contributed by atoms with Crippen LogP contribution in [0.25, 0.3) is 0 Å². The maximum absolute atomic E-state index is 4.20. The first-order valence-electron chi connectivity index (χ1n) is 6.62. The molecule has 1 aromatic heterocycles. The highest BCUT2D eigenvalue weighted by atomic mass is 15.1. The van der Waals surface area contributed by atoms with Crippen LogP contribution >= 0.6 is 0 Å². The molecule has 1 fully saturated rings. The number of aryl methyl sites for hydroxylation is 1. The zero-order chi connectivity index (χ0) is 12.1. The van der Waals surface area contributed by atoms with Crippen molar-refractivity contribution in [3.05, 3.63) is 24.0 Å². The second-order valence-corrected chi connectivity index (χ2v) is 5.03. The van der Waals surface area contributed by atoms with Crippen molar-refractivity contribution in [2.45, 2.75) is 38.6 Å². The summed E-state index contributed by atoms with van der Waals surface area (Å²) in [4.78, 5) is 6.69. The van der Waals surface area contributed by atoms with Crippen molar-refractivity contribution < 1.29 is 0 Å². The predicted molar refractivity (Wildman–Crippen MR) is 72.3 cm³/mol. The smallest absolute Gasteiger partial charge is 0.0393 e. The first-order valence-corrected chi connectivity index (χ1v) is 6.62. The van der Waals surface area contributed by atoms with Gasteiger partial charge in [0.25, 0.3) is 0 Å². The highest BCUT2D eigenvalue weighted by Gasteiger charge is 2.18. The lowest BCUT2D eigenvalue weighted by atomic mass is 10.2. The number of likely N-dealkylation sites (N-methyl/N-ethyl adjacent to an activating group) is 1. The molecule has 0 atom stereocenters. The van der Waals surface area contributed by atoms with Gasteiger partial charge in [-0.1, -0.05) is 12.8 Å². The summed E-state index contributed by atoms with van der Waals surface area (Å²) in [5, 5.41) is 3.46. The van der Waals surface area contributed by atoms with Crippen molar-refractivity contribution in [3.8, 4) is 0 Å². The number of nitrogens with one attached hydrogen (secondary N) is 1. The normalized spacial score (nSPS) is 16.6. The predicted octanol–water partition coefficient (Wildman–Crippen LogP) is 2.68. The quantitative estimate of drug-likeness (QED) is 0.847. The van der Waals surface area contributed by atoms with E-state index in [1.807, 2.05) is 19.2 Å². The Morgan fingerprint density at radius 3 is 2.88 bits per heavy atom. The Labute approximate surface area is 104 Å². The Hall–Kier alpha value is -1.09. The van der Waals surface area contributed by atoms with E-state index in [4.69, 9.17) is 0 Å². The van der Waals surface area contributed by atoms with Crippen molar-refractivity contribution in [2.24, 2.45) is 0 Å². The molecule has 1 N–H and O–H groups in total. The number of pyridine rings is 1. The molecule has 1 aromatic rings. The summed E-state index contributed by atoms with van der Waals surface area (Å²) in [6.45, 7) is 4.15. The third-order valence-electron chi connectivity index (χ3n) is 3.64. The Morgan fingerprint density at radius 1 is 1.41 bits per heavy atom. The maximum atomic E-state index is 4.20. The molecule has 0 amide bonds. The van der Waals surface area contributed by atoms with Gasteiger partial charge >= 0.3 is 0 Å². The number of hydrogen-bond acceptors (Lipinski definition) is 3. The van der Waals surface area contributed by atoms with Crippen molar-refractivity contribution in [3.63, 3.8) is 0 Å². The molecule has 17 heavy (non-hydrogen) atoms. The van der Waals surface area contributed by atoms with E-state index in [-0.39, 0.29) is 0 Å². The molecule has 1 aliphatic rings. The van der Waals surface area contributed by atoms with Gasteiger partial charge in [-0.05, 0) is 38.9 Å². The third-order valence-corrected chi connectivity index (χ3v) is 3.64. The standard InChI is InChI=1S/C14H23N3/c1-12-11-13(7-8-15-12)16-9-10-17(2)14-5-3-4-6-14/h7-8,11,14H,3-6,9-10H2,1-2H3,(H,15,16). The van der Waals surface area contributed by atoms with E-state index in [1.54, 1.807) is 0 Å². The number of nitrogens with zero attached hydrogens (tertiary/aromatic N) is 2. The van der Waals surface area contributed by atoms with Gasteiger partial charge in [-0.25, -0.2) is 0 Å². The second kappa shape index (κ2) is 6.01. The summed E-state index contributed by atoms with van der Waals surface area (Å²) in [5.74, 6) is 0. The molecule has 0 aromatic carbocycles. The first kappa shape index (κ1) is 12.4. The van der Waals surface area contributed by atoms with Gasteiger partial charge in [-0.2, -0.15) is 0 Å². The second-order valence-electron chi connectivity index (χ2n) is 5.03. The highest BCUT2D eigenvalue weighted by molar-refractivity contribution is 5.42. The van der Waals surface area contributed by atoms with Crippen LogP contribution in [0.4, 0.5) is 5.69 Å². The van der Waals surface area contributed by atoms with Gasteiger partial charge < -0.3 is 10.2 Å². The van der Waals surface area contributed by atoms with Crippen LogP contribution in [0.5, 0.6) is 0 Å². The van der Waals surface area contributed by atoms with Gasteiger partial charge in [0.2, 0.25) is 0 Å². The molecule has 0 saturated heterocycles. The SMILES string of the molecule is Cc1cc(NCCN(C)C2CCCC2)ccn1. The van der Waals surface area contributed by atoms with Crippen molar-refractivity contribution in [1.29, 1.82) is 0 Å².